The number of hydrogen-bond donors (Lipinski definition) is 2. The predicted molar refractivity (Wildman–Crippen MR) is 77.7 cm³/mol. The Labute approximate surface area is 123 Å². The number of nitrogens with one attached hydrogen (secondary N) is 1. The number of carboxylic acids is 1. The van der Waals surface area contributed by atoms with Crippen molar-refractivity contribution < 1.29 is 24.2 Å². The minimum Gasteiger partial charge on any atom is -0.482 e. The average Bonchev–Trinajstić information content (AvgIpc) is 2.46. The molecule has 0 saturated heterocycles. The number of carbonyl (C=O) groups excluding carboxylic acids is 1. The Morgan fingerprint density at radius 3 is 2.52 bits per heavy atom. The van der Waals surface area contributed by atoms with E-state index < -0.39 is 12.6 Å². The van der Waals surface area contributed by atoms with Crippen LogP contribution in [0.4, 0.5) is 10.5 Å². The van der Waals surface area contributed by atoms with Crippen molar-refractivity contribution >= 4 is 17.7 Å². The highest BCUT2D eigenvalue weighted by atomic mass is 16.5. The number of aliphatic carboxylic acids is 1. The number of hydrogen-bond acceptors (Lipinski definition) is 4. The molecule has 0 fully saturated rings. The fourth-order valence-electron chi connectivity index (χ4n) is 1.55. The molecule has 0 atom stereocenters. The van der Waals surface area contributed by atoms with E-state index in [4.69, 9.17) is 14.6 Å². The molecule has 2 N–H and O–H groups in total. The zero-order valence-electron chi connectivity index (χ0n) is 12.2. The van der Waals surface area contributed by atoms with Gasteiger partial charge in [0, 0.05) is 33.0 Å². The molecule has 21 heavy (non-hydrogen) atoms. The molecule has 0 radical (unpaired) electrons. The summed E-state index contributed by atoms with van der Waals surface area (Å²) in [5.41, 5.74) is 0.612. The molecule has 7 heteroatoms. The number of nitrogens with zero attached hydrogens (tertiary/aromatic N) is 1. The van der Waals surface area contributed by atoms with Crippen molar-refractivity contribution in [3.05, 3.63) is 24.3 Å². The summed E-state index contributed by atoms with van der Waals surface area (Å²) < 4.78 is 9.93. The van der Waals surface area contributed by atoms with Crippen molar-refractivity contribution in [3.8, 4) is 5.75 Å². The minimum absolute atomic E-state index is 0.217. The van der Waals surface area contributed by atoms with Crippen molar-refractivity contribution in [3.63, 3.8) is 0 Å². The van der Waals surface area contributed by atoms with Gasteiger partial charge in [-0.1, -0.05) is 0 Å². The van der Waals surface area contributed by atoms with Crippen molar-refractivity contribution in [2.24, 2.45) is 0 Å². The SMILES string of the molecule is COCCCN(C)C(=O)Nc1ccc(OCC(=O)O)cc1. The van der Waals surface area contributed by atoms with Gasteiger partial charge in [0.2, 0.25) is 0 Å². The summed E-state index contributed by atoms with van der Waals surface area (Å²) in [4.78, 5) is 23.8. The Morgan fingerprint density at radius 2 is 1.95 bits per heavy atom. The van der Waals surface area contributed by atoms with Gasteiger partial charge in [0.05, 0.1) is 0 Å². The smallest absolute Gasteiger partial charge is 0.341 e. The first-order valence-corrected chi connectivity index (χ1v) is 6.48. The van der Waals surface area contributed by atoms with Crippen LogP contribution >= 0.6 is 0 Å². The maximum Gasteiger partial charge on any atom is 0.341 e. The van der Waals surface area contributed by atoms with Crippen LogP contribution < -0.4 is 10.1 Å². The van der Waals surface area contributed by atoms with Crippen LogP contribution in [-0.4, -0.2) is 55.9 Å². The zero-order valence-corrected chi connectivity index (χ0v) is 12.2. The molecule has 0 saturated carbocycles. The van der Waals surface area contributed by atoms with E-state index in [1.54, 1.807) is 43.3 Å². The standard InChI is InChI=1S/C14H20N2O5/c1-16(8-3-9-20-2)14(19)15-11-4-6-12(7-5-11)21-10-13(17)18/h4-7H,3,8-10H2,1-2H3,(H,15,19)(H,17,18). The fraction of sp³-hybridized carbons (Fsp3) is 0.429. The molecule has 0 unspecified atom stereocenters. The molecule has 1 aromatic carbocycles. The quantitative estimate of drug-likeness (QED) is 0.712. The van der Waals surface area contributed by atoms with Crippen LogP contribution in [0.1, 0.15) is 6.42 Å². The maximum absolute atomic E-state index is 11.9. The first-order chi connectivity index (χ1) is 10.0. The van der Waals surface area contributed by atoms with Crippen LogP contribution in [0.25, 0.3) is 0 Å². The molecule has 0 spiro atoms. The molecule has 0 aliphatic heterocycles. The number of carbonyl (C=O) groups is 2. The van der Waals surface area contributed by atoms with Crippen LogP contribution in [0, 0.1) is 0 Å². The Bertz CT molecular complexity index is 461. The lowest BCUT2D eigenvalue weighted by atomic mass is 10.3. The molecule has 116 valence electrons. The van der Waals surface area contributed by atoms with Gasteiger partial charge in [0.25, 0.3) is 0 Å². The van der Waals surface area contributed by atoms with Gasteiger partial charge in [-0.05, 0) is 30.7 Å². The van der Waals surface area contributed by atoms with Crippen LogP contribution in [0.15, 0.2) is 24.3 Å². The highest BCUT2D eigenvalue weighted by Gasteiger charge is 2.08. The third-order valence-electron chi connectivity index (χ3n) is 2.66. The molecule has 1 rings (SSSR count). The van der Waals surface area contributed by atoms with Gasteiger partial charge in [-0.15, -0.1) is 0 Å². The van der Waals surface area contributed by atoms with Crippen molar-refractivity contribution in [2.45, 2.75) is 6.42 Å². The number of ether oxygens (including phenoxy) is 2. The van der Waals surface area contributed by atoms with Gasteiger partial charge >= 0.3 is 12.0 Å². The molecule has 0 aromatic heterocycles. The number of urea groups is 1. The highest BCUT2D eigenvalue weighted by Crippen LogP contribution is 2.15. The van der Waals surface area contributed by atoms with Gasteiger partial charge in [-0.25, -0.2) is 9.59 Å². The van der Waals surface area contributed by atoms with Gasteiger partial charge in [0.15, 0.2) is 6.61 Å². The summed E-state index contributed by atoms with van der Waals surface area (Å²) in [6.45, 7) is 0.806. The normalized spacial score (nSPS) is 10.0. The molecule has 0 heterocycles. The molecular weight excluding hydrogens is 276 g/mol. The lowest BCUT2D eigenvalue weighted by molar-refractivity contribution is -0.139. The van der Waals surface area contributed by atoms with Crippen molar-refractivity contribution in [1.82, 2.24) is 4.90 Å². The van der Waals surface area contributed by atoms with E-state index in [1.165, 1.54) is 0 Å². The molecule has 2 amide bonds. The summed E-state index contributed by atoms with van der Waals surface area (Å²) in [5.74, 6) is -0.603. The van der Waals surface area contributed by atoms with Crippen LogP contribution in [0.2, 0.25) is 0 Å². The first-order valence-electron chi connectivity index (χ1n) is 6.48. The summed E-state index contributed by atoms with van der Waals surface area (Å²) in [5, 5.41) is 11.2. The Morgan fingerprint density at radius 1 is 1.29 bits per heavy atom. The summed E-state index contributed by atoms with van der Waals surface area (Å²) in [6, 6.07) is 6.29. The average molecular weight is 296 g/mol. The van der Waals surface area contributed by atoms with E-state index >= 15 is 0 Å². The zero-order chi connectivity index (χ0) is 15.7. The third-order valence-corrected chi connectivity index (χ3v) is 2.66. The van der Waals surface area contributed by atoms with E-state index in [-0.39, 0.29) is 6.03 Å². The number of benzene rings is 1. The van der Waals surface area contributed by atoms with E-state index in [2.05, 4.69) is 5.32 Å². The second kappa shape index (κ2) is 8.80. The minimum atomic E-state index is -1.04. The number of methoxy groups -OCH3 is 1. The fourth-order valence-corrected chi connectivity index (χ4v) is 1.55. The summed E-state index contributed by atoms with van der Waals surface area (Å²) in [7, 11) is 3.32. The molecule has 0 aliphatic carbocycles. The molecule has 0 aliphatic rings. The highest BCUT2D eigenvalue weighted by molar-refractivity contribution is 5.89. The van der Waals surface area contributed by atoms with Crippen LogP contribution in [-0.2, 0) is 9.53 Å². The number of amides is 2. The van der Waals surface area contributed by atoms with Crippen LogP contribution in [0.3, 0.4) is 0 Å². The van der Waals surface area contributed by atoms with Gasteiger partial charge in [-0.3, -0.25) is 0 Å². The second-order valence-corrected chi connectivity index (χ2v) is 4.40. The van der Waals surface area contributed by atoms with Gasteiger partial charge in [-0.2, -0.15) is 0 Å². The molecule has 1 aromatic rings. The molecule has 0 bridgehead atoms. The topological polar surface area (TPSA) is 88.1 Å². The number of rotatable bonds is 8. The second-order valence-electron chi connectivity index (χ2n) is 4.40. The Hall–Kier alpha value is -2.28. The van der Waals surface area contributed by atoms with Crippen molar-refractivity contribution in [2.75, 3.05) is 39.2 Å². The van der Waals surface area contributed by atoms with E-state index in [0.29, 0.717) is 24.6 Å². The monoisotopic (exact) mass is 296 g/mol. The first kappa shape index (κ1) is 16.8. The lowest BCUT2D eigenvalue weighted by Gasteiger charge is -2.17. The lowest BCUT2D eigenvalue weighted by Crippen LogP contribution is -2.32. The largest absolute Gasteiger partial charge is 0.482 e. The maximum atomic E-state index is 11.9. The number of anilines is 1. The summed E-state index contributed by atoms with van der Waals surface area (Å²) >= 11 is 0. The van der Waals surface area contributed by atoms with Gasteiger partial charge in [0.1, 0.15) is 5.75 Å². The molecular formula is C14H20N2O5. The van der Waals surface area contributed by atoms with Gasteiger partial charge < -0.3 is 24.8 Å². The van der Waals surface area contributed by atoms with E-state index in [1.807, 2.05) is 0 Å². The van der Waals surface area contributed by atoms with E-state index in [9.17, 15) is 9.59 Å². The molecule has 7 nitrogen and oxygen atoms in total. The third kappa shape index (κ3) is 6.62. The number of carboxylic acid groups (broad SMARTS) is 1. The van der Waals surface area contributed by atoms with Crippen LogP contribution in [0.5, 0.6) is 5.75 Å². The Balaban J connectivity index is 2.43. The summed E-state index contributed by atoms with van der Waals surface area (Å²) in [6.07, 6.45) is 0.766. The predicted octanol–water partition coefficient (Wildman–Crippen LogP) is 1.65. The Kier molecular flexibility index (Phi) is 7.03. The van der Waals surface area contributed by atoms with E-state index in [0.717, 1.165) is 6.42 Å². The van der Waals surface area contributed by atoms with Crippen molar-refractivity contribution in [1.29, 1.82) is 0 Å².